The van der Waals surface area contributed by atoms with Gasteiger partial charge < -0.3 is 19.5 Å². The highest BCUT2D eigenvalue weighted by molar-refractivity contribution is 7.99. The molecule has 1 saturated heterocycles. The molecule has 1 aliphatic heterocycles. The summed E-state index contributed by atoms with van der Waals surface area (Å²) in [4.78, 5) is 18.0. The van der Waals surface area contributed by atoms with Crippen molar-refractivity contribution < 1.29 is 4.74 Å². The number of ether oxygens (including phenoxy) is 1. The molecule has 2 atom stereocenters. The standard InChI is InChI=1S/C32H46N6OS/c1-21(2)40-31-34-29(33-23(4)25-11-8-12-25)28-30(35-31)36-32(38(28)19-24-15-13-22(3)14-16-24)37-17-18-39-20-27(37)26-9-6-5-7-10-26/h5-7,9-10,21-25,27H,8,11-20H2,1-4H3,(H,33,34,35)/t22-,23-,24-,27+/m1/s1. The second-order valence-electron chi connectivity index (χ2n) is 12.7. The molecule has 40 heavy (non-hydrogen) atoms. The van der Waals surface area contributed by atoms with Gasteiger partial charge in [-0.1, -0.05) is 82.1 Å². The van der Waals surface area contributed by atoms with E-state index in [4.69, 9.17) is 19.7 Å². The van der Waals surface area contributed by atoms with Crippen molar-refractivity contribution in [3.63, 3.8) is 0 Å². The van der Waals surface area contributed by atoms with Crippen molar-refractivity contribution in [2.45, 2.75) is 102 Å². The Morgan fingerprint density at radius 3 is 2.48 bits per heavy atom. The molecule has 3 heterocycles. The number of hydrogen-bond acceptors (Lipinski definition) is 7. The first-order valence-electron chi connectivity index (χ1n) is 15.6. The first kappa shape index (κ1) is 27.8. The quantitative estimate of drug-likeness (QED) is 0.216. The van der Waals surface area contributed by atoms with Crippen molar-refractivity contribution >= 4 is 34.7 Å². The number of nitrogens with zero attached hydrogens (tertiary/aromatic N) is 5. The predicted molar refractivity (Wildman–Crippen MR) is 165 cm³/mol. The molecule has 2 saturated carbocycles. The third kappa shape index (κ3) is 5.98. The summed E-state index contributed by atoms with van der Waals surface area (Å²) >= 11 is 1.72. The molecule has 0 amide bonds. The zero-order valence-corrected chi connectivity index (χ0v) is 25.5. The normalized spacial score (nSPS) is 24.8. The summed E-state index contributed by atoms with van der Waals surface area (Å²) < 4.78 is 8.51. The van der Waals surface area contributed by atoms with Gasteiger partial charge in [0.2, 0.25) is 5.95 Å². The summed E-state index contributed by atoms with van der Waals surface area (Å²) in [5, 5.41) is 5.10. The van der Waals surface area contributed by atoms with Crippen LogP contribution in [0.4, 0.5) is 11.8 Å². The predicted octanol–water partition coefficient (Wildman–Crippen LogP) is 7.33. The van der Waals surface area contributed by atoms with E-state index in [2.05, 4.69) is 72.8 Å². The second-order valence-corrected chi connectivity index (χ2v) is 14.2. The molecule has 3 fully saturated rings. The molecular formula is C32H46N6OS. The molecule has 0 unspecified atom stereocenters. The van der Waals surface area contributed by atoms with Gasteiger partial charge in [0.05, 0.1) is 19.3 Å². The molecule has 6 rings (SSSR count). The number of aromatic nitrogens is 4. The maximum absolute atomic E-state index is 6.03. The van der Waals surface area contributed by atoms with E-state index < -0.39 is 0 Å². The molecule has 1 N–H and O–H groups in total. The van der Waals surface area contributed by atoms with Crippen LogP contribution in [-0.2, 0) is 11.3 Å². The fourth-order valence-electron chi connectivity index (χ4n) is 6.60. The highest BCUT2D eigenvalue weighted by Gasteiger charge is 2.33. The molecular weight excluding hydrogens is 516 g/mol. The Morgan fingerprint density at radius 1 is 1.00 bits per heavy atom. The topological polar surface area (TPSA) is 68.1 Å². The molecule has 3 aliphatic rings. The van der Waals surface area contributed by atoms with E-state index in [1.54, 1.807) is 11.8 Å². The Labute approximate surface area is 243 Å². The van der Waals surface area contributed by atoms with Crippen LogP contribution in [-0.4, -0.2) is 50.6 Å². The van der Waals surface area contributed by atoms with E-state index in [0.29, 0.717) is 36.3 Å². The number of thioether (sulfide) groups is 1. The van der Waals surface area contributed by atoms with Gasteiger partial charge in [-0.15, -0.1) is 0 Å². The minimum absolute atomic E-state index is 0.125. The van der Waals surface area contributed by atoms with Crippen LogP contribution in [0.15, 0.2) is 35.5 Å². The maximum Gasteiger partial charge on any atom is 0.208 e. The smallest absolute Gasteiger partial charge is 0.208 e. The van der Waals surface area contributed by atoms with Gasteiger partial charge in [0.25, 0.3) is 0 Å². The van der Waals surface area contributed by atoms with Gasteiger partial charge in [-0.3, -0.25) is 0 Å². The highest BCUT2D eigenvalue weighted by atomic mass is 32.2. The Hall–Kier alpha value is -2.32. The van der Waals surface area contributed by atoms with Crippen molar-refractivity contribution in [1.82, 2.24) is 19.5 Å². The lowest BCUT2D eigenvalue weighted by molar-refractivity contribution is 0.0927. The first-order chi connectivity index (χ1) is 19.5. The molecule has 0 radical (unpaired) electrons. The van der Waals surface area contributed by atoms with Crippen LogP contribution in [0.3, 0.4) is 0 Å². The molecule has 2 aromatic heterocycles. The van der Waals surface area contributed by atoms with E-state index in [1.165, 1.54) is 50.5 Å². The first-order valence-corrected chi connectivity index (χ1v) is 16.4. The molecule has 8 heteroatoms. The molecule has 0 bridgehead atoms. The van der Waals surface area contributed by atoms with Gasteiger partial charge >= 0.3 is 0 Å². The van der Waals surface area contributed by atoms with Gasteiger partial charge in [0.15, 0.2) is 16.6 Å². The number of anilines is 2. The van der Waals surface area contributed by atoms with Gasteiger partial charge in [0, 0.05) is 24.4 Å². The third-order valence-electron chi connectivity index (χ3n) is 9.27. The van der Waals surface area contributed by atoms with Gasteiger partial charge in [-0.05, 0) is 55.9 Å². The number of rotatable bonds is 9. The second kappa shape index (κ2) is 12.3. The van der Waals surface area contributed by atoms with Gasteiger partial charge in [0.1, 0.15) is 5.52 Å². The van der Waals surface area contributed by atoms with Crippen LogP contribution in [0.1, 0.15) is 84.2 Å². The summed E-state index contributed by atoms with van der Waals surface area (Å²) in [5.41, 5.74) is 3.16. The SMILES string of the molecule is CC(C)Sc1nc(N[C@H](C)C2CCC2)c2c(n1)nc(N1CCOC[C@H]1c1ccccc1)n2C[C@H]1CC[C@H](C)CC1. The Morgan fingerprint density at radius 2 is 1.77 bits per heavy atom. The number of nitrogens with one attached hydrogen (secondary N) is 1. The highest BCUT2D eigenvalue weighted by Crippen LogP contribution is 2.39. The zero-order valence-electron chi connectivity index (χ0n) is 24.7. The van der Waals surface area contributed by atoms with Crippen molar-refractivity contribution in [2.24, 2.45) is 17.8 Å². The average molecular weight is 563 g/mol. The number of benzene rings is 1. The minimum atomic E-state index is 0.125. The van der Waals surface area contributed by atoms with Crippen LogP contribution >= 0.6 is 11.8 Å². The van der Waals surface area contributed by atoms with E-state index in [0.717, 1.165) is 47.1 Å². The molecule has 2 aliphatic carbocycles. The number of hydrogen-bond donors (Lipinski definition) is 1. The van der Waals surface area contributed by atoms with Crippen molar-refractivity contribution in [2.75, 3.05) is 30.0 Å². The fraction of sp³-hybridized carbons (Fsp3) is 0.656. The number of morpholine rings is 1. The van der Waals surface area contributed by atoms with E-state index in [9.17, 15) is 0 Å². The maximum atomic E-state index is 6.03. The van der Waals surface area contributed by atoms with Crippen LogP contribution in [0.2, 0.25) is 0 Å². The Balaban J connectivity index is 1.46. The van der Waals surface area contributed by atoms with E-state index in [1.807, 2.05) is 0 Å². The number of imidazole rings is 1. The largest absolute Gasteiger partial charge is 0.377 e. The summed E-state index contributed by atoms with van der Waals surface area (Å²) in [6.07, 6.45) is 9.10. The van der Waals surface area contributed by atoms with Crippen molar-refractivity contribution in [1.29, 1.82) is 0 Å². The molecule has 3 aromatic rings. The van der Waals surface area contributed by atoms with Crippen LogP contribution in [0.25, 0.3) is 11.2 Å². The minimum Gasteiger partial charge on any atom is -0.377 e. The average Bonchev–Trinajstić information content (AvgIpc) is 3.27. The molecule has 1 aromatic carbocycles. The molecule has 7 nitrogen and oxygen atoms in total. The summed E-state index contributed by atoms with van der Waals surface area (Å²) in [5.74, 6) is 4.16. The fourth-order valence-corrected chi connectivity index (χ4v) is 7.30. The monoisotopic (exact) mass is 562 g/mol. The van der Waals surface area contributed by atoms with E-state index in [-0.39, 0.29) is 6.04 Å². The third-order valence-corrected chi connectivity index (χ3v) is 10.1. The Kier molecular flexibility index (Phi) is 8.54. The molecule has 0 spiro atoms. The van der Waals surface area contributed by atoms with E-state index >= 15 is 0 Å². The van der Waals surface area contributed by atoms with Crippen LogP contribution < -0.4 is 10.2 Å². The number of fused-ring (bicyclic) bond motifs is 1. The zero-order chi connectivity index (χ0) is 27.6. The summed E-state index contributed by atoms with van der Waals surface area (Å²) in [6, 6.07) is 11.3. The lowest BCUT2D eigenvalue weighted by Crippen LogP contribution is -2.41. The van der Waals surface area contributed by atoms with Crippen LogP contribution in [0.5, 0.6) is 0 Å². The lowest BCUT2D eigenvalue weighted by atomic mass is 9.80. The van der Waals surface area contributed by atoms with Crippen molar-refractivity contribution in [3.05, 3.63) is 35.9 Å². The van der Waals surface area contributed by atoms with Crippen molar-refractivity contribution in [3.8, 4) is 0 Å². The summed E-state index contributed by atoms with van der Waals surface area (Å²) in [6.45, 7) is 12.3. The summed E-state index contributed by atoms with van der Waals surface area (Å²) in [7, 11) is 0. The lowest BCUT2D eigenvalue weighted by Gasteiger charge is -2.37. The van der Waals surface area contributed by atoms with Gasteiger partial charge in [-0.25, -0.2) is 9.97 Å². The molecule has 216 valence electrons. The Bertz CT molecular complexity index is 1270. The van der Waals surface area contributed by atoms with Crippen LogP contribution in [0, 0.1) is 17.8 Å². The van der Waals surface area contributed by atoms with Gasteiger partial charge in [-0.2, -0.15) is 4.98 Å².